The Morgan fingerprint density at radius 1 is 1.03 bits per heavy atom. The number of benzene rings is 2. The zero-order valence-corrected chi connectivity index (χ0v) is 19.2. The molecule has 0 bridgehead atoms. The van der Waals surface area contributed by atoms with Crippen molar-refractivity contribution in [2.45, 2.75) is 43.9 Å². The van der Waals surface area contributed by atoms with E-state index >= 15 is 0 Å². The van der Waals surface area contributed by atoms with Crippen molar-refractivity contribution in [3.63, 3.8) is 0 Å². The number of carbonyl (C=O) groups excluding carboxylic acids is 1. The fraction of sp³-hybridized carbons (Fsp3) is 0.481. The van der Waals surface area contributed by atoms with E-state index in [0.717, 1.165) is 38.6 Å². The molecule has 170 valence electrons. The van der Waals surface area contributed by atoms with Gasteiger partial charge >= 0.3 is 0 Å². The lowest BCUT2D eigenvalue weighted by molar-refractivity contribution is -0.127. The molecule has 5 nitrogen and oxygen atoms in total. The molecule has 1 saturated carbocycles. The quantitative estimate of drug-likeness (QED) is 0.493. The summed E-state index contributed by atoms with van der Waals surface area (Å²) in [5.74, 6) is 1.43. The molecule has 4 rings (SSSR count). The summed E-state index contributed by atoms with van der Waals surface area (Å²) in [5, 5.41) is 7.06. The minimum Gasteiger partial charge on any atom is -0.356 e. The van der Waals surface area contributed by atoms with Crippen LogP contribution in [0.3, 0.4) is 0 Å². The van der Waals surface area contributed by atoms with Crippen LogP contribution in [0.15, 0.2) is 65.7 Å². The molecule has 2 aromatic carbocycles. The van der Waals surface area contributed by atoms with Crippen LogP contribution in [0.5, 0.6) is 0 Å². The van der Waals surface area contributed by atoms with E-state index in [0.29, 0.717) is 12.3 Å². The first-order valence-electron chi connectivity index (χ1n) is 12.0. The largest absolute Gasteiger partial charge is 0.356 e. The van der Waals surface area contributed by atoms with E-state index in [4.69, 9.17) is 0 Å². The number of nitrogens with one attached hydrogen (secondary N) is 2. The Morgan fingerprint density at radius 2 is 1.72 bits per heavy atom. The highest BCUT2D eigenvalue weighted by molar-refractivity contribution is 5.81. The van der Waals surface area contributed by atoms with Crippen molar-refractivity contribution in [1.29, 1.82) is 0 Å². The van der Waals surface area contributed by atoms with Gasteiger partial charge in [0.25, 0.3) is 0 Å². The number of aliphatic imine (C=N–C) groups is 1. The van der Waals surface area contributed by atoms with E-state index in [1.54, 1.807) is 0 Å². The summed E-state index contributed by atoms with van der Waals surface area (Å²) in [7, 11) is 1.82. The molecule has 0 radical (unpaired) electrons. The molecule has 2 aliphatic rings. The molecule has 1 unspecified atom stereocenters. The van der Waals surface area contributed by atoms with Crippen LogP contribution >= 0.6 is 0 Å². The Bertz CT molecular complexity index is 890. The van der Waals surface area contributed by atoms with Gasteiger partial charge in [-0.2, -0.15) is 0 Å². The lowest BCUT2D eigenvalue weighted by Crippen LogP contribution is -2.46. The second-order valence-electron chi connectivity index (χ2n) is 9.31. The Kier molecular flexibility index (Phi) is 7.46. The summed E-state index contributed by atoms with van der Waals surface area (Å²) >= 11 is 0. The van der Waals surface area contributed by atoms with Crippen LogP contribution in [0.4, 0.5) is 0 Å². The van der Waals surface area contributed by atoms with E-state index in [-0.39, 0.29) is 11.3 Å². The van der Waals surface area contributed by atoms with Crippen molar-refractivity contribution >= 4 is 11.9 Å². The molecule has 2 N–H and O–H groups in total. The van der Waals surface area contributed by atoms with Gasteiger partial charge in [-0.25, -0.2) is 0 Å². The maximum Gasteiger partial charge on any atom is 0.223 e. The summed E-state index contributed by atoms with van der Waals surface area (Å²) in [4.78, 5) is 18.9. The summed E-state index contributed by atoms with van der Waals surface area (Å²) in [5.41, 5.74) is 2.90. The minimum atomic E-state index is 0.191. The number of carbonyl (C=O) groups is 1. The topological polar surface area (TPSA) is 56.7 Å². The molecule has 32 heavy (non-hydrogen) atoms. The molecule has 1 heterocycles. The third-order valence-corrected chi connectivity index (χ3v) is 7.13. The Balaban J connectivity index is 1.25. The normalized spacial score (nSPS) is 20.5. The van der Waals surface area contributed by atoms with Gasteiger partial charge in [-0.05, 0) is 30.4 Å². The van der Waals surface area contributed by atoms with Gasteiger partial charge in [-0.1, -0.05) is 73.5 Å². The van der Waals surface area contributed by atoms with Crippen LogP contribution in [0, 0.1) is 5.92 Å². The average Bonchev–Trinajstić information content (AvgIpc) is 3.46. The first-order chi connectivity index (χ1) is 15.7. The monoisotopic (exact) mass is 432 g/mol. The highest BCUT2D eigenvalue weighted by atomic mass is 16.2. The SMILES string of the molecule is CN=C(NCC1CC(=O)N(CCc2ccccc2)C1)NCC1(c2ccccc2)CCCC1. The van der Waals surface area contributed by atoms with Gasteiger partial charge in [-0.3, -0.25) is 9.79 Å². The highest BCUT2D eigenvalue weighted by Crippen LogP contribution is 2.40. The van der Waals surface area contributed by atoms with Crippen molar-refractivity contribution < 1.29 is 4.79 Å². The summed E-state index contributed by atoms with van der Waals surface area (Å²) in [6, 6.07) is 21.3. The third-order valence-electron chi connectivity index (χ3n) is 7.13. The maximum absolute atomic E-state index is 12.5. The number of hydrogen-bond acceptors (Lipinski definition) is 2. The predicted octanol–water partition coefficient (Wildman–Crippen LogP) is 3.75. The summed E-state index contributed by atoms with van der Waals surface area (Å²) in [6.45, 7) is 3.28. The number of amides is 1. The number of nitrogens with zero attached hydrogens (tertiary/aromatic N) is 2. The fourth-order valence-electron chi connectivity index (χ4n) is 5.24. The highest BCUT2D eigenvalue weighted by Gasteiger charge is 2.35. The van der Waals surface area contributed by atoms with Gasteiger partial charge in [0.15, 0.2) is 5.96 Å². The van der Waals surface area contributed by atoms with Gasteiger partial charge in [0.1, 0.15) is 0 Å². The van der Waals surface area contributed by atoms with Crippen LogP contribution in [0.2, 0.25) is 0 Å². The van der Waals surface area contributed by atoms with Crippen molar-refractivity contribution in [2.24, 2.45) is 10.9 Å². The van der Waals surface area contributed by atoms with Gasteiger partial charge in [0.05, 0.1) is 0 Å². The van der Waals surface area contributed by atoms with Gasteiger partial charge in [-0.15, -0.1) is 0 Å². The van der Waals surface area contributed by atoms with E-state index in [1.165, 1.54) is 36.8 Å². The molecule has 1 saturated heterocycles. The first-order valence-corrected chi connectivity index (χ1v) is 12.0. The van der Waals surface area contributed by atoms with Crippen LogP contribution in [0.1, 0.15) is 43.2 Å². The standard InChI is InChI=1S/C27H36N4O/c1-28-26(30-21-27(15-8-9-16-27)24-12-6-3-7-13-24)29-19-23-18-25(32)31(20-23)17-14-22-10-4-2-5-11-22/h2-7,10-13,23H,8-9,14-21H2,1H3,(H2,28,29,30). The van der Waals surface area contributed by atoms with E-state index in [2.05, 4.69) is 70.2 Å². The molecule has 2 aromatic rings. The number of likely N-dealkylation sites (tertiary alicyclic amines) is 1. The summed E-state index contributed by atoms with van der Waals surface area (Å²) in [6.07, 6.45) is 6.53. The van der Waals surface area contributed by atoms with Crippen LogP contribution in [-0.2, 0) is 16.6 Å². The van der Waals surface area contributed by atoms with Gasteiger partial charge in [0.2, 0.25) is 5.91 Å². The van der Waals surface area contributed by atoms with Crippen molar-refractivity contribution in [3.8, 4) is 0 Å². The van der Waals surface area contributed by atoms with Crippen LogP contribution in [-0.4, -0.2) is 50.0 Å². The molecule has 5 heteroatoms. The van der Waals surface area contributed by atoms with Crippen LogP contribution in [0.25, 0.3) is 0 Å². The van der Waals surface area contributed by atoms with Crippen molar-refractivity contribution in [3.05, 3.63) is 71.8 Å². The molecular formula is C27H36N4O. The molecule has 1 amide bonds. The molecular weight excluding hydrogens is 396 g/mol. The first kappa shape index (κ1) is 22.4. The minimum absolute atomic E-state index is 0.191. The second kappa shape index (κ2) is 10.7. The lowest BCUT2D eigenvalue weighted by atomic mass is 9.79. The molecule has 0 spiro atoms. The van der Waals surface area contributed by atoms with Crippen molar-refractivity contribution in [2.75, 3.05) is 33.2 Å². The maximum atomic E-state index is 12.5. The zero-order chi connectivity index (χ0) is 22.2. The third kappa shape index (κ3) is 5.50. The van der Waals surface area contributed by atoms with E-state index < -0.39 is 0 Å². The van der Waals surface area contributed by atoms with E-state index in [9.17, 15) is 4.79 Å². The lowest BCUT2D eigenvalue weighted by Gasteiger charge is -2.31. The average molecular weight is 433 g/mol. The molecule has 1 aliphatic carbocycles. The Morgan fingerprint density at radius 3 is 2.41 bits per heavy atom. The predicted molar refractivity (Wildman–Crippen MR) is 131 cm³/mol. The van der Waals surface area contributed by atoms with Gasteiger partial charge < -0.3 is 15.5 Å². The number of guanidine groups is 1. The van der Waals surface area contributed by atoms with Crippen LogP contribution < -0.4 is 10.6 Å². The molecule has 2 fully saturated rings. The van der Waals surface area contributed by atoms with Crippen molar-refractivity contribution in [1.82, 2.24) is 15.5 Å². The zero-order valence-electron chi connectivity index (χ0n) is 19.2. The Hall–Kier alpha value is -2.82. The Labute approximate surface area is 192 Å². The molecule has 1 atom stereocenters. The fourth-order valence-corrected chi connectivity index (χ4v) is 5.24. The van der Waals surface area contributed by atoms with E-state index in [1.807, 2.05) is 18.0 Å². The van der Waals surface area contributed by atoms with Gasteiger partial charge in [0, 0.05) is 51.0 Å². The molecule has 0 aromatic heterocycles. The number of rotatable bonds is 8. The second-order valence-corrected chi connectivity index (χ2v) is 9.31. The molecule has 1 aliphatic heterocycles. The number of hydrogen-bond donors (Lipinski definition) is 2. The summed E-state index contributed by atoms with van der Waals surface area (Å²) < 4.78 is 0. The smallest absolute Gasteiger partial charge is 0.223 e.